The van der Waals surface area contributed by atoms with Gasteiger partial charge < -0.3 is 5.73 Å². The fraction of sp³-hybridized carbons (Fsp3) is 1.00. The van der Waals surface area contributed by atoms with Crippen molar-refractivity contribution in [2.75, 3.05) is 44.2 Å². The Morgan fingerprint density at radius 1 is 1.15 bits per heavy atom. The molecule has 1 atom stereocenters. The molecule has 1 unspecified atom stereocenters. The Balaban J connectivity index is 2.07. The summed E-state index contributed by atoms with van der Waals surface area (Å²) >= 11 is 0. The summed E-state index contributed by atoms with van der Waals surface area (Å²) in [5.41, 5.74) is 5.85. The summed E-state index contributed by atoms with van der Waals surface area (Å²) in [6, 6.07) is 0. The molecule has 6 heteroatoms. The van der Waals surface area contributed by atoms with Gasteiger partial charge in [-0.15, -0.1) is 0 Å². The number of hydrogen-bond donors (Lipinski definition) is 1. The first-order valence-electron chi connectivity index (χ1n) is 7.59. The van der Waals surface area contributed by atoms with E-state index in [4.69, 9.17) is 5.73 Å². The summed E-state index contributed by atoms with van der Waals surface area (Å²) in [6.07, 6.45) is 1.66. The number of hydrogen-bond acceptors (Lipinski definition) is 5. The smallest absolute Gasteiger partial charge is 0.152 e. The van der Waals surface area contributed by atoms with Crippen molar-refractivity contribution in [3.05, 3.63) is 0 Å². The van der Waals surface area contributed by atoms with Gasteiger partial charge in [0.25, 0.3) is 0 Å². The molecule has 0 bridgehead atoms. The van der Waals surface area contributed by atoms with E-state index in [0.717, 1.165) is 39.0 Å². The lowest BCUT2D eigenvalue weighted by Crippen LogP contribution is -2.65. The Bertz CT molecular complexity index is 436. The van der Waals surface area contributed by atoms with Gasteiger partial charge in [-0.3, -0.25) is 9.80 Å². The predicted molar refractivity (Wildman–Crippen MR) is 82.6 cm³/mol. The SMILES string of the molecule is CC(C)(C)N1CCN(C2(CN)CCCS(=O)(=O)C2)CC1. The Kier molecular flexibility index (Phi) is 4.50. The van der Waals surface area contributed by atoms with Gasteiger partial charge in [0.15, 0.2) is 9.84 Å². The van der Waals surface area contributed by atoms with Crippen LogP contribution in [-0.4, -0.2) is 73.5 Å². The van der Waals surface area contributed by atoms with Crippen molar-refractivity contribution in [2.45, 2.75) is 44.7 Å². The summed E-state index contributed by atoms with van der Waals surface area (Å²) < 4.78 is 24.0. The van der Waals surface area contributed by atoms with E-state index in [0.29, 0.717) is 12.3 Å². The lowest BCUT2D eigenvalue weighted by atomic mass is 9.91. The first-order valence-corrected chi connectivity index (χ1v) is 9.41. The zero-order valence-electron chi connectivity index (χ0n) is 13.1. The van der Waals surface area contributed by atoms with Crippen molar-refractivity contribution in [3.63, 3.8) is 0 Å². The maximum atomic E-state index is 12.0. The van der Waals surface area contributed by atoms with Crippen molar-refractivity contribution in [2.24, 2.45) is 5.73 Å². The van der Waals surface area contributed by atoms with Crippen LogP contribution in [0.1, 0.15) is 33.6 Å². The van der Waals surface area contributed by atoms with Crippen LogP contribution in [-0.2, 0) is 9.84 Å². The number of nitrogens with zero attached hydrogens (tertiary/aromatic N) is 2. The average Bonchev–Trinajstić information content (AvgIpc) is 2.36. The number of piperazine rings is 1. The van der Waals surface area contributed by atoms with E-state index in [1.54, 1.807) is 0 Å². The van der Waals surface area contributed by atoms with E-state index in [1.807, 2.05) is 0 Å². The van der Waals surface area contributed by atoms with Gasteiger partial charge in [-0.1, -0.05) is 0 Å². The second kappa shape index (κ2) is 5.55. The van der Waals surface area contributed by atoms with Crippen molar-refractivity contribution in [1.29, 1.82) is 0 Å². The second-order valence-corrected chi connectivity index (χ2v) is 9.45. The fourth-order valence-corrected chi connectivity index (χ4v) is 5.56. The molecule has 0 spiro atoms. The molecule has 0 saturated carbocycles. The molecule has 0 aromatic carbocycles. The van der Waals surface area contributed by atoms with Gasteiger partial charge in [-0.25, -0.2) is 8.42 Å². The Hall–Kier alpha value is -0.170. The third-order valence-electron chi connectivity index (χ3n) is 4.87. The molecule has 0 radical (unpaired) electrons. The molecule has 0 amide bonds. The summed E-state index contributed by atoms with van der Waals surface area (Å²) in [6.45, 7) is 11.0. The molecule has 2 heterocycles. The lowest BCUT2D eigenvalue weighted by molar-refractivity contribution is 0.00746. The molecule has 2 N–H and O–H groups in total. The minimum Gasteiger partial charge on any atom is -0.329 e. The van der Waals surface area contributed by atoms with E-state index in [2.05, 4.69) is 30.6 Å². The number of nitrogens with two attached hydrogens (primary N) is 1. The highest BCUT2D eigenvalue weighted by Gasteiger charge is 2.44. The van der Waals surface area contributed by atoms with Gasteiger partial charge in [0.2, 0.25) is 0 Å². The normalized spacial score (nSPS) is 33.2. The van der Waals surface area contributed by atoms with Gasteiger partial charge >= 0.3 is 0 Å². The third-order valence-corrected chi connectivity index (χ3v) is 6.75. The molecule has 2 aliphatic rings. The summed E-state index contributed by atoms with van der Waals surface area (Å²) in [4.78, 5) is 4.80. The van der Waals surface area contributed by atoms with E-state index in [9.17, 15) is 8.42 Å². The highest BCUT2D eigenvalue weighted by molar-refractivity contribution is 7.91. The monoisotopic (exact) mass is 303 g/mol. The van der Waals surface area contributed by atoms with E-state index < -0.39 is 9.84 Å². The molecule has 2 fully saturated rings. The van der Waals surface area contributed by atoms with Gasteiger partial charge in [0.1, 0.15) is 0 Å². The standard InChI is InChI=1S/C14H29N3O2S/c1-13(2,3)16-6-8-17(9-7-16)14(11-15)5-4-10-20(18,19)12-14/h4-12,15H2,1-3H3. The van der Waals surface area contributed by atoms with E-state index in [1.165, 1.54) is 0 Å². The van der Waals surface area contributed by atoms with Gasteiger partial charge in [-0.05, 0) is 33.6 Å². The highest BCUT2D eigenvalue weighted by Crippen LogP contribution is 2.30. The van der Waals surface area contributed by atoms with Crippen LogP contribution in [0.4, 0.5) is 0 Å². The zero-order chi connectivity index (χ0) is 15.0. The van der Waals surface area contributed by atoms with Crippen molar-refractivity contribution in [3.8, 4) is 0 Å². The largest absolute Gasteiger partial charge is 0.329 e. The zero-order valence-corrected chi connectivity index (χ0v) is 13.9. The molecule has 0 aromatic rings. The first-order chi connectivity index (χ1) is 9.19. The molecule has 0 aromatic heterocycles. The van der Waals surface area contributed by atoms with Crippen LogP contribution < -0.4 is 5.73 Å². The summed E-state index contributed by atoms with van der Waals surface area (Å²) in [5.74, 6) is 0.572. The molecule has 118 valence electrons. The molecule has 5 nitrogen and oxygen atoms in total. The van der Waals surface area contributed by atoms with Gasteiger partial charge in [-0.2, -0.15) is 0 Å². The van der Waals surface area contributed by atoms with Crippen LogP contribution in [0.3, 0.4) is 0 Å². The molecule has 0 aliphatic carbocycles. The van der Waals surface area contributed by atoms with Crippen LogP contribution in [0.2, 0.25) is 0 Å². The summed E-state index contributed by atoms with van der Waals surface area (Å²) in [7, 11) is -2.93. The van der Waals surface area contributed by atoms with Crippen molar-refractivity contribution >= 4 is 9.84 Å². The topological polar surface area (TPSA) is 66.6 Å². The van der Waals surface area contributed by atoms with E-state index in [-0.39, 0.29) is 16.8 Å². The van der Waals surface area contributed by atoms with Crippen LogP contribution in [0.25, 0.3) is 0 Å². The molecule has 2 rings (SSSR count). The molecular formula is C14H29N3O2S. The van der Waals surface area contributed by atoms with Crippen molar-refractivity contribution in [1.82, 2.24) is 9.80 Å². The Morgan fingerprint density at radius 3 is 2.20 bits per heavy atom. The number of sulfone groups is 1. The van der Waals surface area contributed by atoms with Crippen LogP contribution in [0, 0.1) is 0 Å². The van der Waals surface area contributed by atoms with Gasteiger partial charge in [0, 0.05) is 43.8 Å². The predicted octanol–water partition coefficient (Wildman–Crippen LogP) is 0.309. The second-order valence-electron chi connectivity index (χ2n) is 7.27. The Labute approximate surface area is 123 Å². The highest BCUT2D eigenvalue weighted by atomic mass is 32.2. The minimum absolute atomic E-state index is 0.181. The third kappa shape index (κ3) is 3.35. The first kappa shape index (κ1) is 16.2. The van der Waals surface area contributed by atoms with Crippen LogP contribution in [0.5, 0.6) is 0 Å². The molecular weight excluding hydrogens is 274 g/mol. The Morgan fingerprint density at radius 2 is 1.75 bits per heavy atom. The fourth-order valence-electron chi connectivity index (χ4n) is 3.57. The average molecular weight is 303 g/mol. The maximum absolute atomic E-state index is 12.0. The summed E-state index contributed by atoms with van der Waals surface area (Å²) in [5, 5.41) is 0. The lowest BCUT2D eigenvalue weighted by Gasteiger charge is -2.51. The molecule has 2 aliphatic heterocycles. The van der Waals surface area contributed by atoms with Crippen LogP contribution >= 0.6 is 0 Å². The van der Waals surface area contributed by atoms with Crippen molar-refractivity contribution < 1.29 is 8.42 Å². The quantitative estimate of drug-likeness (QED) is 0.795. The molecule has 2 saturated heterocycles. The minimum atomic E-state index is -2.93. The van der Waals surface area contributed by atoms with Crippen LogP contribution in [0.15, 0.2) is 0 Å². The maximum Gasteiger partial charge on any atom is 0.152 e. The number of rotatable bonds is 2. The van der Waals surface area contributed by atoms with Gasteiger partial charge in [0.05, 0.1) is 11.5 Å². The van der Waals surface area contributed by atoms with E-state index >= 15 is 0 Å². The molecule has 20 heavy (non-hydrogen) atoms.